The predicted molar refractivity (Wildman–Crippen MR) is 68.0 cm³/mol. The van der Waals surface area contributed by atoms with Gasteiger partial charge in [0.2, 0.25) is 0 Å². The maximum absolute atomic E-state index is 4.69. The summed E-state index contributed by atoms with van der Waals surface area (Å²) in [6, 6.07) is 0. The molecule has 0 aliphatic heterocycles. The van der Waals surface area contributed by atoms with Gasteiger partial charge in [0.15, 0.2) is 0 Å². The lowest BCUT2D eigenvalue weighted by molar-refractivity contribution is -0.00271. The van der Waals surface area contributed by atoms with Gasteiger partial charge < -0.3 is 14.2 Å². The molecule has 96 valence electrons. The van der Waals surface area contributed by atoms with Crippen molar-refractivity contribution in [2.45, 2.75) is 43.1 Å². The van der Waals surface area contributed by atoms with E-state index >= 15 is 0 Å². The molecule has 0 heterocycles. The second kappa shape index (κ2) is 52.6. The Morgan fingerprint density at radius 3 is 1.07 bits per heavy atom. The molecule has 0 fully saturated rings. The molecule has 0 aromatic heterocycles. The van der Waals surface area contributed by atoms with Crippen LogP contribution in [0.15, 0.2) is 0 Å². The average molecular weight is 214 g/mol. The van der Waals surface area contributed by atoms with Crippen LogP contribution in [0.4, 0.5) is 0 Å². The van der Waals surface area contributed by atoms with E-state index in [0.29, 0.717) is 6.79 Å². The quantitative estimate of drug-likeness (QED) is 0.666. The summed E-state index contributed by atoms with van der Waals surface area (Å²) in [6.45, 7) is 3.36. The minimum atomic E-state index is 0. The molecule has 0 aliphatic carbocycles. The van der Waals surface area contributed by atoms with Crippen molar-refractivity contribution >= 4 is 0 Å². The van der Waals surface area contributed by atoms with Gasteiger partial charge in [0.1, 0.15) is 6.79 Å². The third-order valence-electron chi connectivity index (χ3n) is 0.644. The first-order valence-corrected chi connectivity index (χ1v) is 3.30. The first-order valence-electron chi connectivity index (χ1n) is 3.30. The van der Waals surface area contributed by atoms with Crippen molar-refractivity contribution in [3.8, 4) is 0 Å². The number of rotatable bonds is 4. The van der Waals surface area contributed by atoms with Crippen molar-refractivity contribution in [2.75, 3.05) is 34.7 Å². The fourth-order valence-electron chi connectivity index (χ4n) is 0.322. The molecule has 0 saturated carbocycles. The summed E-state index contributed by atoms with van der Waals surface area (Å²) >= 11 is 0. The van der Waals surface area contributed by atoms with Crippen LogP contribution in [0.1, 0.15) is 43.1 Å². The van der Waals surface area contributed by atoms with Crippen LogP contribution in [0.25, 0.3) is 0 Å². The summed E-state index contributed by atoms with van der Waals surface area (Å²) in [5, 5.41) is 0. The van der Waals surface area contributed by atoms with Gasteiger partial charge in [-0.25, -0.2) is 0 Å². The predicted octanol–water partition coefficient (Wildman–Crippen LogP) is 3.82. The van der Waals surface area contributed by atoms with Gasteiger partial charge in [0.25, 0.3) is 0 Å². The van der Waals surface area contributed by atoms with E-state index in [9.17, 15) is 0 Å². The summed E-state index contributed by atoms with van der Waals surface area (Å²) in [6.07, 6.45) is 1.12. The zero-order valence-corrected chi connectivity index (χ0v) is 7.35. The second-order valence-electron chi connectivity index (χ2n) is 1.69. The highest BCUT2D eigenvalue weighted by atomic mass is 16.6. The van der Waals surface area contributed by atoms with Gasteiger partial charge >= 0.3 is 0 Å². The van der Waals surface area contributed by atoms with E-state index in [-0.39, 0.29) is 29.7 Å². The highest BCUT2D eigenvalue weighted by Gasteiger charge is 1.66. The van der Waals surface area contributed by atoms with Crippen LogP contribution in [0.3, 0.4) is 0 Å². The first-order chi connectivity index (χ1) is 4.83. The summed E-state index contributed by atoms with van der Waals surface area (Å²) in [7, 11) is 4.89. The van der Waals surface area contributed by atoms with E-state index in [1.54, 1.807) is 21.3 Å². The van der Waals surface area contributed by atoms with Crippen LogP contribution in [0.5, 0.6) is 0 Å². The van der Waals surface area contributed by atoms with Crippen LogP contribution < -0.4 is 0 Å². The van der Waals surface area contributed by atoms with Gasteiger partial charge in [0, 0.05) is 27.9 Å². The lowest BCUT2D eigenvalue weighted by Crippen LogP contribution is -1.87. The topological polar surface area (TPSA) is 27.7 Å². The Kier molecular flexibility index (Phi) is 139. The standard InChI is InChI=1S/C4H10O.C3H8O2.4CH4/c1-3-4-5-2;1-4-3-5-2;;;;/h3-4H2,1-2H3;3H2,1-2H3;4*1H4. The molecule has 0 unspecified atom stereocenters. The molecule has 0 aromatic rings. The molecule has 3 heteroatoms. The van der Waals surface area contributed by atoms with E-state index < -0.39 is 0 Å². The largest absolute Gasteiger partial charge is 0.385 e. The van der Waals surface area contributed by atoms with Gasteiger partial charge in [-0.05, 0) is 6.42 Å². The Balaban J connectivity index is -0.0000000178. The van der Waals surface area contributed by atoms with Crippen molar-refractivity contribution in [2.24, 2.45) is 0 Å². The normalized spacial score (nSPS) is 6.00. The fraction of sp³-hybridized carbons (Fsp3) is 1.00. The molecule has 14 heavy (non-hydrogen) atoms. The van der Waals surface area contributed by atoms with Crippen LogP contribution in [-0.4, -0.2) is 34.7 Å². The van der Waals surface area contributed by atoms with Crippen molar-refractivity contribution < 1.29 is 14.2 Å². The smallest absolute Gasteiger partial charge is 0.145 e. The van der Waals surface area contributed by atoms with E-state index in [0.717, 1.165) is 13.0 Å². The van der Waals surface area contributed by atoms with Crippen LogP contribution in [-0.2, 0) is 14.2 Å². The molecule has 0 N–H and O–H groups in total. The molecule has 0 saturated heterocycles. The van der Waals surface area contributed by atoms with Gasteiger partial charge in [-0.2, -0.15) is 0 Å². The van der Waals surface area contributed by atoms with E-state index in [1.807, 2.05) is 0 Å². The summed E-state index contributed by atoms with van der Waals surface area (Å²) in [5.41, 5.74) is 0. The Bertz CT molecular complexity index is 31.5. The van der Waals surface area contributed by atoms with Crippen molar-refractivity contribution in [1.29, 1.82) is 0 Å². The zero-order valence-electron chi connectivity index (χ0n) is 7.35. The highest BCUT2D eigenvalue weighted by molar-refractivity contribution is 4.15. The summed E-state index contributed by atoms with van der Waals surface area (Å²) in [4.78, 5) is 0. The van der Waals surface area contributed by atoms with Gasteiger partial charge in [-0.3, -0.25) is 0 Å². The molecule has 0 amide bonds. The van der Waals surface area contributed by atoms with E-state index in [2.05, 4.69) is 16.4 Å². The Labute approximate surface area is 92.8 Å². The number of hydrogen-bond acceptors (Lipinski definition) is 3. The van der Waals surface area contributed by atoms with Crippen molar-refractivity contribution in [3.05, 3.63) is 0 Å². The van der Waals surface area contributed by atoms with Gasteiger partial charge in [0.05, 0.1) is 0 Å². The maximum Gasteiger partial charge on any atom is 0.145 e. The zero-order chi connectivity index (χ0) is 8.24. The molecule has 3 nitrogen and oxygen atoms in total. The number of ether oxygens (including phenoxy) is 3. The molecular formula is C11H34O3. The summed E-state index contributed by atoms with van der Waals surface area (Å²) in [5.74, 6) is 0. The van der Waals surface area contributed by atoms with Crippen LogP contribution in [0, 0.1) is 0 Å². The lowest BCUT2D eigenvalue weighted by atomic mass is 10.5. The first kappa shape index (κ1) is 37.1. The minimum absolute atomic E-state index is 0. The Morgan fingerprint density at radius 1 is 0.714 bits per heavy atom. The van der Waals surface area contributed by atoms with E-state index in [4.69, 9.17) is 4.74 Å². The maximum atomic E-state index is 4.69. The highest BCUT2D eigenvalue weighted by Crippen LogP contribution is 1.70. The second-order valence-corrected chi connectivity index (χ2v) is 1.69. The molecular weight excluding hydrogens is 180 g/mol. The molecule has 0 atom stereocenters. The molecule has 0 radical (unpaired) electrons. The minimum Gasteiger partial charge on any atom is -0.385 e. The van der Waals surface area contributed by atoms with Gasteiger partial charge in [-0.15, -0.1) is 0 Å². The average Bonchev–Trinajstić information content (AvgIpc) is 1.93. The molecule has 0 rings (SSSR count). The van der Waals surface area contributed by atoms with Crippen LogP contribution in [0.2, 0.25) is 0 Å². The number of methoxy groups -OCH3 is 3. The molecule has 0 aliphatic rings. The van der Waals surface area contributed by atoms with E-state index in [1.165, 1.54) is 0 Å². The van der Waals surface area contributed by atoms with Crippen molar-refractivity contribution in [1.82, 2.24) is 0 Å². The molecule has 0 spiro atoms. The molecule has 0 bridgehead atoms. The third-order valence-corrected chi connectivity index (χ3v) is 0.644. The van der Waals surface area contributed by atoms with Crippen molar-refractivity contribution in [3.63, 3.8) is 0 Å². The summed E-state index contributed by atoms with van der Waals surface area (Å²) < 4.78 is 13.6. The number of hydrogen-bond donors (Lipinski definition) is 0. The third kappa shape index (κ3) is 93.4. The lowest BCUT2D eigenvalue weighted by Gasteiger charge is -1.87. The Morgan fingerprint density at radius 2 is 1.07 bits per heavy atom. The molecule has 0 aromatic carbocycles. The SMILES string of the molecule is C.C.C.C.CCCOC.COCOC. The monoisotopic (exact) mass is 214 g/mol. The van der Waals surface area contributed by atoms with Crippen LogP contribution >= 0.6 is 0 Å². The van der Waals surface area contributed by atoms with Gasteiger partial charge in [-0.1, -0.05) is 36.6 Å². The Hall–Kier alpha value is -0.120. The fourth-order valence-corrected chi connectivity index (χ4v) is 0.322.